The maximum absolute atomic E-state index is 14.2. The van der Waals surface area contributed by atoms with E-state index in [1.165, 1.54) is 11.8 Å². The molecule has 2 aromatic rings. The molecule has 1 aromatic carbocycles. The molecule has 3 fully saturated rings. The number of nitrogens with zero attached hydrogens (tertiary/aromatic N) is 5. The zero-order chi connectivity index (χ0) is 24.7. The minimum atomic E-state index is -0.970. The highest BCUT2D eigenvalue weighted by Crippen LogP contribution is 2.66. The summed E-state index contributed by atoms with van der Waals surface area (Å²) in [5.74, 6) is -2.96. The van der Waals surface area contributed by atoms with Gasteiger partial charge >= 0.3 is 5.97 Å². The van der Waals surface area contributed by atoms with Crippen molar-refractivity contribution in [3.63, 3.8) is 0 Å². The van der Waals surface area contributed by atoms with Gasteiger partial charge < -0.3 is 20.0 Å². The zero-order valence-corrected chi connectivity index (χ0v) is 20.1. The van der Waals surface area contributed by atoms with E-state index in [-0.39, 0.29) is 36.9 Å². The summed E-state index contributed by atoms with van der Waals surface area (Å²) in [7, 11) is 0. The SMILES string of the molecule is C=CCN(Cn1nnc2ccccc21)C(=O)C1N(CCCCO)C(=O)[C@@H]2[C@H](C(=O)O)[C@@H]3CCC12S3. The van der Waals surface area contributed by atoms with Crippen molar-refractivity contribution in [1.82, 2.24) is 24.8 Å². The Morgan fingerprint density at radius 1 is 1.31 bits per heavy atom. The molecule has 2 N–H and O–H groups in total. The summed E-state index contributed by atoms with van der Waals surface area (Å²) in [5.41, 5.74) is 1.50. The van der Waals surface area contributed by atoms with E-state index in [1.807, 2.05) is 24.3 Å². The van der Waals surface area contributed by atoms with E-state index in [9.17, 15) is 24.6 Å². The number of hydrogen-bond acceptors (Lipinski definition) is 7. The maximum atomic E-state index is 14.2. The van der Waals surface area contributed by atoms with Gasteiger partial charge in [-0.2, -0.15) is 0 Å². The lowest BCUT2D eigenvalue weighted by Gasteiger charge is -2.37. The molecule has 2 bridgehead atoms. The van der Waals surface area contributed by atoms with Crippen LogP contribution in [0.4, 0.5) is 0 Å². The number of unbranched alkanes of at least 4 members (excludes halogenated alkanes) is 1. The number of carboxylic acid groups (broad SMARTS) is 1. The second-order valence-corrected chi connectivity index (χ2v) is 11.0. The Labute approximate surface area is 206 Å². The highest BCUT2D eigenvalue weighted by Gasteiger charge is 2.73. The molecule has 5 atom stereocenters. The van der Waals surface area contributed by atoms with Crippen LogP contribution in [-0.2, 0) is 21.1 Å². The predicted molar refractivity (Wildman–Crippen MR) is 129 cm³/mol. The van der Waals surface area contributed by atoms with Crippen LogP contribution in [0.25, 0.3) is 11.0 Å². The fourth-order valence-electron chi connectivity index (χ4n) is 6.08. The molecular formula is C24H29N5O5S. The molecule has 3 aliphatic heterocycles. The number of aliphatic hydroxyl groups excluding tert-OH is 1. The van der Waals surface area contributed by atoms with Crippen molar-refractivity contribution in [2.45, 2.75) is 48.4 Å². The Morgan fingerprint density at radius 2 is 2.11 bits per heavy atom. The van der Waals surface area contributed by atoms with Crippen LogP contribution in [0.5, 0.6) is 0 Å². The molecule has 2 unspecified atom stereocenters. The van der Waals surface area contributed by atoms with Gasteiger partial charge in [0.15, 0.2) is 0 Å². The molecule has 2 amide bonds. The highest BCUT2D eigenvalue weighted by molar-refractivity contribution is 8.02. The normalized spacial score (nSPS) is 29.1. The average Bonchev–Trinajstić information content (AvgIpc) is 3.58. The molecular weight excluding hydrogens is 470 g/mol. The van der Waals surface area contributed by atoms with E-state index >= 15 is 0 Å². The Kier molecular flexibility index (Phi) is 6.30. The first-order valence-corrected chi connectivity index (χ1v) is 12.8. The number of aliphatic carboxylic acids is 1. The van der Waals surface area contributed by atoms with Crippen LogP contribution in [0.15, 0.2) is 36.9 Å². The Hall–Kier alpha value is -2.92. The Bertz CT molecular complexity index is 1170. The van der Waals surface area contributed by atoms with Gasteiger partial charge in [0.25, 0.3) is 0 Å². The van der Waals surface area contributed by atoms with Gasteiger partial charge in [0.1, 0.15) is 18.2 Å². The number of para-hydroxylation sites is 1. The number of carbonyl (C=O) groups is 3. The molecule has 10 nitrogen and oxygen atoms in total. The number of hydrogen-bond donors (Lipinski definition) is 2. The first-order valence-electron chi connectivity index (χ1n) is 11.9. The summed E-state index contributed by atoms with van der Waals surface area (Å²) in [6.07, 6.45) is 3.98. The quantitative estimate of drug-likeness (QED) is 0.370. The summed E-state index contributed by atoms with van der Waals surface area (Å²) in [6, 6.07) is 6.71. The molecule has 1 aromatic heterocycles. The van der Waals surface area contributed by atoms with E-state index in [2.05, 4.69) is 16.9 Å². The number of carboxylic acids is 1. The number of aliphatic hydroxyl groups is 1. The summed E-state index contributed by atoms with van der Waals surface area (Å²) in [4.78, 5) is 43.2. The number of amides is 2. The van der Waals surface area contributed by atoms with E-state index in [0.29, 0.717) is 37.7 Å². The molecule has 4 heterocycles. The standard InChI is InChI=1S/C24H29N5O5S/c1-2-11-27(14-29-16-8-4-3-7-15(16)25-26-29)22(32)20-24-10-9-17(35-24)18(23(33)34)19(24)21(31)28(20)12-5-6-13-30/h2-4,7-8,17-20,30H,1,5-6,9-14H2,(H,33,34)/t17-,18+,19-,20?,24?/m0/s1. The van der Waals surface area contributed by atoms with Crippen molar-refractivity contribution in [3.8, 4) is 0 Å². The third kappa shape index (κ3) is 3.72. The third-order valence-corrected chi connectivity index (χ3v) is 9.46. The number of thioether (sulfide) groups is 1. The van der Waals surface area contributed by atoms with Crippen LogP contribution in [0.3, 0.4) is 0 Å². The van der Waals surface area contributed by atoms with Crippen molar-refractivity contribution < 1.29 is 24.6 Å². The van der Waals surface area contributed by atoms with E-state index < -0.39 is 28.6 Å². The van der Waals surface area contributed by atoms with E-state index in [1.54, 1.807) is 20.6 Å². The lowest BCUT2D eigenvalue weighted by Crippen LogP contribution is -2.55. The summed E-state index contributed by atoms with van der Waals surface area (Å²) >= 11 is 1.51. The van der Waals surface area contributed by atoms with Gasteiger partial charge in [-0.3, -0.25) is 14.4 Å². The summed E-state index contributed by atoms with van der Waals surface area (Å²) < 4.78 is 0.892. The fraction of sp³-hybridized carbons (Fsp3) is 0.542. The number of carbonyl (C=O) groups excluding carboxylic acids is 2. The number of rotatable bonds is 10. The van der Waals surface area contributed by atoms with Gasteiger partial charge in [-0.05, 0) is 37.8 Å². The van der Waals surface area contributed by atoms with Crippen LogP contribution < -0.4 is 0 Å². The molecule has 186 valence electrons. The smallest absolute Gasteiger partial charge is 0.308 e. The Balaban J connectivity index is 1.50. The zero-order valence-electron chi connectivity index (χ0n) is 19.3. The van der Waals surface area contributed by atoms with Gasteiger partial charge in [-0.15, -0.1) is 23.4 Å². The van der Waals surface area contributed by atoms with Crippen molar-refractivity contribution >= 4 is 40.6 Å². The minimum absolute atomic E-state index is 0.00818. The largest absolute Gasteiger partial charge is 0.481 e. The van der Waals surface area contributed by atoms with Crippen LogP contribution >= 0.6 is 11.8 Å². The molecule has 1 spiro atoms. The van der Waals surface area contributed by atoms with Crippen LogP contribution in [0.1, 0.15) is 25.7 Å². The number of aromatic nitrogens is 3. The van der Waals surface area contributed by atoms with E-state index in [0.717, 1.165) is 5.52 Å². The molecule has 3 aliphatic rings. The van der Waals surface area contributed by atoms with Gasteiger partial charge in [0.2, 0.25) is 11.8 Å². The highest BCUT2D eigenvalue weighted by atomic mass is 32.2. The lowest BCUT2D eigenvalue weighted by atomic mass is 9.71. The Morgan fingerprint density at radius 3 is 2.86 bits per heavy atom. The lowest BCUT2D eigenvalue weighted by molar-refractivity contribution is -0.148. The third-order valence-electron chi connectivity index (χ3n) is 7.51. The van der Waals surface area contributed by atoms with Crippen molar-refractivity contribution in [2.24, 2.45) is 11.8 Å². The van der Waals surface area contributed by atoms with Gasteiger partial charge in [-0.25, -0.2) is 4.68 Å². The van der Waals surface area contributed by atoms with Crippen LogP contribution in [-0.4, -0.2) is 88.5 Å². The minimum Gasteiger partial charge on any atom is -0.481 e. The van der Waals surface area contributed by atoms with Gasteiger partial charge in [0.05, 0.1) is 22.1 Å². The first kappa shape index (κ1) is 23.8. The molecule has 11 heteroatoms. The van der Waals surface area contributed by atoms with Gasteiger partial charge in [-0.1, -0.05) is 23.4 Å². The first-order chi connectivity index (χ1) is 16.9. The second kappa shape index (κ2) is 9.27. The summed E-state index contributed by atoms with van der Waals surface area (Å²) in [5, 5.41) is 27.4. The van der Waals surface area contributed by atoms with Crippen LogP contribution in [0, 0.1) is 11.8 Å². The second-order valence-electron chi connectivity index (χ2n) is 9.42. The molecule has 3 saturated heterocycles. The monoisotopic (exact) mass is 499 g/mol. The number of likely N-dealkylation sites (tertiary alicyclic amines) is 1. The van der Waals surface area contributed by atoms with Gasteiger partial charge in [0, 0.05) is 24.9 Å². The number of benzene rings is 1. The topological polar surface area (TPSA) is 129 Å². The summed E-state index contributed by atoms with van der Waals surface area (Å²) in [6.45, 7) is 4.50. The molecule has 0 aliphatic carbocycles. The molecule has 0 radical (unpaired) electrons. The molecule has 5 rings (SSSR count). The average molecular weight is 500 g/mol. The molecule has 35 heavy (non-hydrogen) atoms. The number of fused-ring (bicyclic) bond motifs is 2. The maximum Gasteiger partial charge on any atom is 0.308 e. The van der Waals surface area contributed by atoms with Crippen molar-refractivity contribution in [1.29, 1.82) is 0 Å². The van der Waals surface area contributed by atoms with Crippen LogP contribution in [0.2, 0.25) is 0 Å². The predicted octanol–water partition coefficient (Wildman–Crippen LogP) is 1.35. The fourth-order valence-corrected chi connectivity index (χ4v) is 8.28. The van der Waals surface area contributed by atoms with Crippen molar-refractivity contribution in [3.05, 3.63) is 36.9 Å². The van der Waals surface area contributed by atoms with Crippen molar-refractivity contribution in [2.75, 3.05) is 19.7 Å². The van der Waals surface area contributed by atoms with E-state index in [4.69, 9.17) is 0 Å². The molecule has 0 saturated carbocycles.